The molecule has 0 amide bonds. The van der Waals surface area contributed by atoms with Crippen LogP contribution in [0, 0.1) is 40.0 Å². The Labute approximate surface area is 624 Å². The number of hydrogen-bond donors (Lipinski definition) is 0. The van der Waals surface area contributed by atoms with Crippen molar-refractivity contribution in [1.29, 1.82) is 0 Å². The van der Waals surface area contributed by atoms with Crippen LogP contribution >= 0.6 is 11.3 Å². The first-order valence-electron chi connectivity index (χ1n) is 39.3. The number of hydrogen-bond acceptors (Lipinski definition) is 2. The molecule has 6 nitrogen and oxygen atoms in total. The highest BCUT2D eigenvalue weighted by atomic mass is 32.1. The lowest BCUT2D eigenvalue weighted by Crippen LogP contribution is -2.31. The van der Waals surface area contributed by atoms with Crippen LogP contribution in [-0.4, -0.2) is 4.57 Å². The lowest BCUT2D eigenvalue weighted by molar-refractivity contribution is -0.644. The molecule has 7 heteroatoms. The van der Waals surface area contributed by atoms with Gasteiger partial charge in [0.15, 0.2) is 30.4 Å². The van der Waals surface area contributed by atoms with E-state index >= 15 is 0 Å². The first kappa shape index (κ1) is 59.1. The van der Waals surface area contributed by atoms with Gasteiger partial charge in [0.25, 0.3) is 5.52 Å². The molecule has 11 aromatic carbocycles. The highest BCUT2D eigenvalue weighted by molar-refractivity contribution is 7.25. The Balaban J connectivity index is 0.000000102. The summed E-state index contributed by atoms with van der Waals surface area (Å²) in [5, 5.41) is 8.84. The molecule has 7 aromatic heterocycles. The van der Waals surface area contributed by atoms with Gasteiger partial charge in [-0.15, -0.1) is 11.3 Å². The summed E-state index contributed by atoms with van der Waals surface area (Å²) < 4.78 is 63.9. The number of para-hydroxylation sites is 1. The van der Waals surface area contributed by atoms with E-state index in [4.69, 9.17) is 8.53 Å². The first-order valence-corrected chi connectivity index (χ1v) is 37.6. The molecule has 4 aliphatic rings. The van der Waals surface area contributed by atoms with Gasteiger partial charge in [-0.3, -0.25) is 0 Å². The number of nitrogens with zero attached hydrogens (tertiary/aromatic N) is 5. The molecule has 0 atom stereocenters. The van der Waals surface area contributed by atoms with Crippen LogP contribution in [0.4, 0.5) is 0 Å². The summed E-state index contributed by atoms with van der Waals surface area (Å²) in [4.78, 5) is 0. The van der Waals surface area contributed by atoms with Crippen molar-refractivity contribution in [1.82, 2.24) is 4.57 Å². The van der Waals surface area contributed by atoms with Crippen molar-refractivity contribution in [2.45, 2.75) is 87.4 Å². The lowest BCUT2D eigenvalue weighted by Gasteiger charge is -2.22. The van der Waals surface area contributed by atoms with E-state index in [-0.39, 0.29) is 11.1 Å². The van der Waals surface area contributed by atoms with Gasteiger partial charge in [0, 0.05) is 41.0 Å². The Kier molecular flexibility index (Phi) is 13.7. The van der Waals surface area contributed by atoms with Gasteiger partial charge in [-0.05, 0) is 260 Å². The molecule has 4 aliphatic carbocycles. The van der Waals surface area contributed by atoms with Crippen LogP contribution in [0.25, 0.3) is 147 Å². The molecule has 0 aliphatic heterocycles. The summed E-state index contributed by atoms with van der Waals surface area (Å²) >= 11 is 1.91. The Hall–Kier alpha value is -11.4. The number of fused-ring (bicyclic) bond motifs is 27. The van der Waals surface area contributed by atoms with Crippen molar-refractivity contribution in [3.05, 3.63) is 315 Å². The van der Waals surface area contributed by atoms with Crippen LogP contribution < -0.4 is 18.3 Å². The molecule has 0 saturated carbocycles. The summed E-state index contributed by atoms with van der Waals surface area (Å²) in [5.74, 6) is 0. The zero-order valence-corrected chi connectivity index (χ0v) is 62.2. The second-order valence-corrected chi connectivity index (χ2v) is 31.7. The van der Waals surface area contributed by atoms with Gasteiger partial charge in [0.1, 0.15) is 44.0 Å². The van der Waals surface area contributed by atoms with Gasteiger partial charge >= 0.3 is 0 Å². The maximum Gasteiger partial charge on any atom is 0.259 e. The van der Waals surface area contributed by atoms with Crippen LogP contribution in [0.5, 0.6) is 0 Å². The molecule has 0 unspecified atom stereocenters. The van der Waals surface area contributed by atoms with E-state index in [1.54, 1.807) is 6.20 Å². The normalized spacial score (nSPS) is 13.8. The van der Waals surface area contributed by atoms with E-state index in [1.165, 1.54) is 165 Å². The molecule has 0 radical (unpaired) electrons. The molecule has 0 fully saturated rings. The molecule has 7 heterocycles. The minimum absolute atomic E-state index is 0.0705. The Bertz CT molecular complexity index is 6830. The lowest BCUT2D eigenvalue weighted by atomic mass is 9.82. The largest absolute Gasteiger partial charge is 0.449 e. The molecule has 0 bridgehead atoms. The standard InChI is InChI=1S/C32H32N.C26H21N2.C20H16NO.C20H16NS/c1-19-18-33(6)31-29-20(2)28-22(15-21-11-7-8-12-23(21)28)16-26(29)24-13-9-10-14-25(24)30(31)27(19)17-32(3,4)5;1-17-21-15-18-9-6-7-12-20(18)22(21)16-24-25(17)26-23(13-8-14-27(26)2)28(24)19-10-4-3-5-11-19;2*1-12-15-10-13-6-3-4-7-14(13)16(15)11-18-19(12)20-17(22-18)8-5-9-21(20)2/h7-14,16,18H,15,17H2,1-6H3;3-14,16H,15H2,1-2H3;2*3-9,11H,10H2,1-2H3/q4*+1/i1D3,17D2;;;. The molecule has 105 heavy (non-hydrogen) atoms. The van der Waals surface area contributed by atoms with E-state index in [0.717, 1.165) is 69.5 Å². The smallest absolute Gasteiger partial charge is 0.259 e. The van der Waals surface area contributed by atoms with E-state index in [2.05, 4.69) is 268 Å². The highest BCUT2D eigenvalue weighted by Crippen LogP contribution is 2.50. The average molecular weight is 1390 g/mol. The fourth-order valence-corrected chi connectivity index (χ4v) is 19.8. The summed E-state index contributed by atoms with van der Waals surface area (Å²) in [7, 11) is 8.27. The topological polar surface area (TPSA) is 33.6 Å². The molecule has 510 valence electrons. The van der Waals surface area contributed by atoms with Gasteiger partial charge in [-0.1, -0.05) is 160 Å². The van der Waals surface area contributed by atoms with Crippen LogP contribution in [-0.2, 0) is 60.2 Å². The number of furan rings is 1. The number of rotatable bonds is 2. The van der Waals surface area contributed by atoms with Crippen LogP contribution in [0.3, 0.4) is 0 Å². The first-order chi connectivity index (χ1) is 52.9. The van der Waals surface area contributed by atoms with E-state index < -0.39 is 18.6 Å². The van der Waals surface area contributed by atoms with Gasteiger partial charge in [-0.25, -0.2) is 4.57 Å². The second kappa shape index (κ2) is 24.4. The number of pyridine rings is 4. The monoisotopic (exact) mass is 1380 g/mol. The summed E-state index contributed by atoms with van der Waals surface area (Å²) in [6.45, 7) is 12.0. The minimum atomic E-state index is -2.47. The zero-order chi connectivity index (χ0) is 75.9. The van der Waals surface area contributed by atoms with Gasteiger partial charge in [-0.2, -0.15) is 13.7 Å². The third-order valence-corrected chi connectivity index (χ3v) is 24.2. The predicted octanol–water partition coefficient (Wildman–Crippen LogP) is 22.3. The Morgan fingerprint density at radius 3 is 1.59 bits per heavy atom. The second-order valence-electron chi connectivity index (χ2n) is 30.6. The maximum absolute atomic E-state index is 9.36. The third-order valence-electron chi connectivity index (χ3n) is 23.1. The number of aromatic nitrogens is 5. The van der Waals surface area contributed by atoms with Gasteiger partial charge in [0.05, 0.1) is 32.4 Å². The molecule has 0 saturated heterocycles. The van der Waals surface area contributed by atoms with Gasteiger partial charge in [0.2, 0.25) is 16.6 Å². The maximum atomic E-state index is 9.36. The minimum Gasteiger partial charge on any atom is -0.449 e. The van der Waals surface area contributed by atoms with Crippen molar-refractivity contribution < 1.29 is 29.5 Å². The Morgan fingerprint density at radius 1 is 0.410 bits per heavy atom. The van der Waals surface area contributed by atoms with Gasteiger partial charge < -0.3 is 8.98 Å². The molecular weight excluding hydrogens is 1300 g/mol. The van der Waals surface area contributed by atoms with Crippen molar-refractivity contribution in [3.63, 3.8) is 0 Å². The van der Waals surface area contributed by atoms with E-state index in [1.807, 2.05) is 74.1 Å². The van der Waals surface area contributed by atoms with Crippen molar-refractivity contribution in [2.75, 3.05) is 0 Å². The third kappa shape index (κ3) is 10.1. The van der Waals surface area contributed by atoms with Crippen LogP contribution in [0.15, 0.2) is 242 Å². The quantitative estimate of drug-likeness (QED) is 0.125. The van der Waals surface area contributed by atoms with Crippen molar-refractivity contribution >= 4 is 108 Å². The fraction of sp³-hybridized carbons (Fsp3) is 0.184. The van der Waals surface area contributed by atoms with Crippen molar-refractivity contribution in [2.24, 2.45) is 33.6 Å². The highest BCUT2D eigenvalue weighted by Gasteiger charge is 2.33. The molecule has 18 aromatic rings. The van der Waals surface area contributed by atoms with Crippen LogP contribution in [0.1, 0.15) is 106 Å². The molecular formula is C98H85N5OS+4. The van der Waals surface area contributed by atoms with E-state index in [9.17, 15) is 2.74 Å². The summed E-state index contributed by atoms with van der Waals surface area (Å²) in [6.07, 6.45) is 10.1. The predicted molar refractivity (Wildman–Crippen MR) is 437 cm³/mol. The number of thiophene rings is 1. The summed E-state index contributed by atoms with van der Waals surface area (Å²) in [6, 6.07) is 75.8. The molecule has 0 spiro atoms. The molecule has 22 rings (SSSR count). The number of benzene rings is 11. The zero-order valence-electron chi connectivity index (χ0n) is 66.4. The fourth-order valence-electron chi connectivity index (χ4n) is 18.5. The summed E-state index contributed by atoms with van der Waals surface area (Å²) in [5.41, 5.74) is 37.5. The molecule has 0 N–H and O–H groups in total. The SMILES string of the molecule is Cc1c2c(cc3c1c1c(ccc[n+]1C)n3-c1ccccc1)-c1ccccc1C2.Cc1c2c(cc3oc4ccc[n+](C)c4c13)-c1ccccc1C2.Cc1c2c(cc3sc4ccc[n+](C)c4c13)-c1ccccc1C2.[2H]C([2H])([2H])c1c[n+](C)c2c3c(C)c4c(cc3c3ccccc3c2c1C([2H])([2H])C(C)(C)C)Cc1ccccc1-4. The van der Waals surface area contributed by atoms with Crippen LogP contribution in [0.2, 0.25) is 0 Å². The Morgan fingerprint density at radius 2 is 0.943 bits per heavy atom. The average Bonchev–Trinajstić information content (AvgIpc) is 0.750. The van der Waals surface area contributed by atoms with Crippen molar-refractivity contribution in [3.8, 4) is 50.2 Å². The van der Waals surface area contributed by atoms with E-state index in [0.29, 0.717) is 5.39 Å². The number of aryl methyl sites for hydroxylation is 9.